The second kappa shape index (κ2) is 6.96. The molecule has 0 aliphatic carbocycles. The number of carbonyl (C=O) groups excluding carboxylic acids is 2. The van der Waals surface area contributed by atoms with E-state index in [2.05, 4.69) is 18.7 Å². The molecular formula is C16H30N4O2. The molecule has 2 unspecified atom stereocenters. The first-order valence-electron chi connectivity index (χ1n) is 8.21. The van der Waals surface area contributed by atoms with Crippen molar-refractivity contribution in [2.24, 2.45) is 11.8 Å². The van der Waals surface area contributed by atoms with E-state index in [9.17, 15) is 9.59 Å². The quantitative estimate of drug-likeness (QED) is 0.682. The van der Waals surface area contributed by atoms with Gasteiger partial charge in [0.25, 0.3) is 0 Å². The van der Waals surface area contributed by atoms with Crippen molar-refractivity contribution in [3.05, 3.63) is 0 Å². The lowest BCUT2D eigenvalue weighted by molar-refractivity contribution is -0.134. The molecule has 22 heavy (non-hydrogen) atoms. The van der Waals surface area contributed by atoms with E-state index in [-0.39, 0.29) is 17.7 Å². The molecule has 2 aliphatic heterocycles. The summed E-state index contributed by atoms with van der Waals surface area (Å²) in [6.07, 6.45) is 0. The molecule has 2 aliphatic rings. The van der Waals surface area contributed by atoms with Gasteiger partial charge in [-0.15, -0.1) is 0 Å². The van der Waals surface area contributed by atoms with Gasteiger partial charge in [0.1, 0.15) is 0 Å². The fourth-order valence-corrected chi connectivity index (χ4v) is 3.17. The van der Waals surface area contributed by atoms with Crippen LogP contribution in [0, 0.1) is 11.8 Å². The van der Waals surface area contributed by atoms with E-state index in [1.165, 1.54) is 0 Å². The number of amides is 2. The van der Waals surface area contributed by atoms with Crippen molar-refractivity contribution < 1.29 is 9.59 Å². The summed E-state index contributed by atoms with van der Waals surface area (Å²) in [5.41, 5.74) is 0. The van der Waals surface area contributed by atoms with Gasteiger partial charge in [-0.1, -0.05) is 0 Å². The van der Waals surface area contributed by atoms with Gasteiger partial charge < -0.3 is 14.7 Å². The predicted molar refractivity (Wildman–Crippen MR) is 86.5 cm³/mol. The van der Waals surface area contributed by atoms with Gasteiger partial charge in [-0.3, -0.25) is 14.5 Å². The third-order valence-electron chi connectivity index (χ3n) is 4.96. The van der Waals surface area contributed by atoms with Crippen molar-refractivity contribution in [2.75, 3.05) is 60.4 Å². The first kappa shape index (κ1) is 17.2. The van der Waals surface area contributed by atoms with Crippen LogP contribution in [0.5, 0.6) is 0 Å². The van der Waals surface area contributed by atoms with Crippen molar-refractivity contribution in [3.8, 4) is 0 Å². The zero-order chi connectivity index (χ0) is 16.4. The van der Waals surface area contributed by atoms with Crippen LogP contribution in [0.15, 0.2) is 0 Å². The van der Waals surface area contributed by atoms with Crippen molar-refractivity contribution in [1.82, 2.24) is 19.6 Å². The Balaban J connectivity index is 1.85. The molecule has 0 aromatic rings. The van der Waals surface area contributed by atoms with Gasteiger partial charge >= 0.3 is 0 Å². The largest absolute Gasteiger partial charge is 0.341 e. The highest BCUT2D eigenvalue weighted by molar-refractivity contribution is 5.85. The van der Waals surface area contributed by atoms with Crippen LogP contribution in [0.25, 0.3) is 0 Å². The van der Waals surface area contributed by atoms with E-state index >= 15 is 0 Å². The molecule has 2 heterocycles. The van der Waals surface area contributed by atoms with Gasteiger partial charge in [0.05, 0.1) is 12.5 Å². The molecule has 2 amide bonds. The molecule has 0 aromatic carbocycles. The van der Waals surface area contributed by atoms with Crippen LogP contribution in [-0.4, -0.2) is 97.9 Å². The lowest BCUT2D eigenvalue weighted by Crippen LogP contribution is -2.42. The third kappa shape index (κ3) is 3.79. The molecule has 0 aromatic heterocycles. The molecule has 0 spiro atoms. The van der Waals surface area contributed by atoms with Gasteiger partial charge in [-0.25, -0.2) is 0 Å². The molecule has 6 nitrogen and oxygen atoms in total. The molecule has 126 valence electrons. The Kier molecular flexibility index (Phi) is 5.45. The lowest BCUT2D eigenvalue weighted by Gasteiger charge is -2.26. The Morgan fingerprint density at radius 2 is 1.91 bits per heavy atom. The minimum absolute atomic E-state index is 0.0236. The number of carbonyl (C=O) groups is 2. The van der Waals surface area contributed by atoms with E-state index in [1.807, 2.05) is 35.8 Å². The summed E-state index contributed by atoms with van der Waals surface area (Å²) in [7, 11) is 6.01. The second-order valence-electron chi connectivity index (χ2n) is 7.26. The van der Waals surface area contributed by atoms with Crippen LogP contribution in [0.3, 0.4) is 0 Å². The predicted octanol–water partition coefficient (Wildman–Crippen LogP) is -0.195. The molecule has 2 saturated heterocycles. The zero-order valence-electron chi connectivity index (χ0n) is 14.6. The number of likely N-dealkylation sites (N-methyl/N-ethyl adjacent to an activating group) is 2. The van der Waals surface area contributed by atoms with Crippen molar-refractivity contribution in [2.45, 2.75) is 19.9 Å². The van der Waals surface area contributed by atoms with Gasteiger partial charge in [0.2, 0.25) is 11.8 Å². The average molecular weight is 310 g/mol. The van der Waals surface area contributed by atoms with Crippen molar-refractivity contribution >= 4 is 11.8 Å². The third-order valence-corrected chi connectivity index (χ3v) is 4.96. The van der Waals surface area contributed by atoms with E-state index < -0.39 is 0 Å². The van der Waals surface area contributed by atoms with E-state index in [1.54, 1.807) is 0 Å². The molecule has 0 N–H and O–H groups in total. The number of likely N-dealkylation sites (tertiary alicyclic amines) is 2. The maximum atomic E-state index is 12.5. The Bertz CT molecular complexity index is 424. The Morgan fingerprint density at radius 3 is 2.45 bits per heavy atom. The Morgan fingerprint density at radius 1 is 1.23 bits per heavy atom. The monoisotopic (exact) mass is 310 g/mol. The summed E-state index contributed by atoms with van der Waals surface area (Å²) in [4.78, 5) is 32.8. The highest BCUT2D eigenvalue weighted by Gasteiger charge is 2.47. The molecule has 2 fully saturated rings. The number of hydrogen-bond acceptors (Lipinski definition) is 4. The van der Waals surface area contributed by atoms with Crippen LogP contribution < -0.4 is 0 Å². The summed E-state index contributed by atoms with van der Waals surface area (Å²) >= 11 is 0. The second-order valence-corrected chi connectivity index (χ2v) is 7.26. The molecule has 2 atom stereocenters. The van der Waals surface area contributed by atoms with Crippen LogP contribution >= 0.6 is 0 Å². The van der Waals surface area contributed by atoms with E-state index in [0.29, 0.717) is 25.0 Å². The summed E-state index contributed by atoms with van der Waals surface area (Å²) in [5, 5.41) is 0. The molecule has 0 bridgehead atoms. The van der Waals surface area contributed by atoms with Crippen LogP contribution in [-0.2, 0) is 9.59 Å². The fourth-order valence-electron chi connectivity index (χ4n) is 3.17. The van der Waals surface area contributed by atoms with Crippen LogP contribution in [0.4, 0.5) is 0 Å². The maximum Gasteiger partial charge on any atom is 0.236 e. The number of fused-ring (bicyclic) bond motifs is 1. The summed E-state index contributed by atoms with van der Waals surface area (Å²) < 4.78 is 0. The molecule has 0 saturated carbocycles. The van der Waals surface area contributed by atoms with Gasteiger partial charge in [0.15, 0.2) is 0 Å². The van der Waals surface area contributed by atoms with Crippen molar-refractivity contribution in [3.63, 3.8) is 0 Å². The van der Waals surface area contributed by atoms with Crippen LogP contribution in [0.1, 0.15) is 13.8 Å². The summed E-state index contributed by atoms with van der Waals surface area (Å²) in [6, 6.07) is 0.356. The number of nitrogens with zero attached hydrogens (tertiary/aromatic N) is 4. The number of rotatable bonds is 6. The van der Waals surface area contributed by atoms with Crippen molar-refractivity contribution in [1.29, 1.82) is 0 Å². The molecule has 0 radical (unpaired) electrons. The topological polar surface area (TPSA) is 47.1 Å². The molecule has 6 heteroatoms. The normalized spacial score (nSPS) is 25.0. The minimum atomic E-state index is 0.0236. The van der Waals surface area contributed by atoms with E-state index in [4.69, 9.17) is 0 Å². The lowest BCUT2D eigenvalue weighted by atomic mass is 10.0. The highest BCUT2D eigenvalue weighted by atomic mass is 16.2. The first-order chi connectivity index (χ1) is 10.3. The minimum Gasteiger partial charge on any atom is -0.341 e. The standard InChI is InChI=1S/C16H30N4O2/c1-12(2)18(5)11-15(21)20-9-13-8-19(7-6-17(3)4)16(22)14(13)10-20/h12-14H,6-11H2,1-5H3. The van der Waals surface area contributed by atoms with E-state index in [0.717, 1.165) is 26.2 Å². The average Bonchev–Trinajstić information content (AvgIpc) is 2.96. The SMILES string of the molecule is CC(C)N(C)CC(=O)N1CC2CN(CCN(C)C)C(=O)C2C1. The van der Waals surface area contributed by atoms with Gasteiger partial charge in [-0.2, -0.15) is 0 Å². The zero-order valence-corrected chi connectivity index (χ0v) is 14.6. The Hall–Kier alpha value is -1.14. The maximum absolute atomic E-state index is 12.5. The summed E-state index contributed by atoms with van der Waals surface area (Å²) in [6.45, 7) is 8.44. The smallest absolute Gasteiger partial charge is 0.236 e. The van der Waals surface area contributed by atoms with Crippen LogP contribution in [0.2, 0.25) is 0 Å². The molecular weight excluding hydrogens is 280 g/mol. The first-order valence-corrected chi connectivity index (χ1v) is 8.21. The molecule has 2 rings (SSSR count). The highest BCUT2D eigenvalue weighted by Crippen LogP contribution is 2.32. The Labute approximate surface area is 134 Å². The van der Waals surface area contributed by atoms with Gasteiger partial charge in [-0.05, 0) is 35.0 Å². The summed E-state index contributed by atoms with van der Waals surface area (Å²) in [5.74, 6) is 0.732. The number of hydrogen-bond donors (Lipinski definition) is 0. The van der Waals surface area contributed by atoms with Gasteiger partial charge in [0, 0.05) is 44.7 Å². The fraction of sp³-hybridized carbons (Fsp3) is 0.875.